The number of hydrogen-bond acceptors (Lipinski definition) is 5. The van der Waals surface area contributed by atoms with Crippen LogP contribution in [0.3, 0.4) is 0 Å². The lowest BCUT2D eigenvalue weighted by Crippen LogP contribution is -2.65. The fourth-order valence-electron chi connectivity index (χ4n) is 8.60. The summed E-state index contributed by atoms with van der Waals surface area (Å²) in [4.78, 5) is 40.8. The lowest BCUT2D eigenvalue weighted by atomic mass is 9.75. The molecule has 2 aliphatic carbocycles. The van der Waals surface area contributed by atoms with Crippen molar-refractivity contribution < 1.29 is 19.1 Å². The first-order valence-electron chi connectivity index (χ1n) is 15.0. The van der Waals surface area contributed by atoms with Crippen molar-refractivity contribution in [3.63, 3.8) is 0 Å². The average molecular weight is 536 g/mol. The smallest absolute Gasteiger partial charge is 0.357 e. The fraction of sp³-hybridized carbons (Fsp3) is 0.645. The van der Waals surface area contributed by atoms with Gasteiger partial charge in [-0.3, -0.25) is 9.36 Å². The molecular formula is C31H43N4O4+. The Balaban J connectivity index is 1.46. The average Bonchev–Trinajstić information content (AvgIpc) is 3.59. The minimum atomic E-state index is -0.783. The summed E-state index contributed by atoms with van der Waals surface area (Å²) in [6, 6.07) is 7.31. The summed E-state index contributed by atoms with van der Waals surface area (Å²) in [6.07, 6.45) is 10.1. The molecule has 2 amide bonds. The van der Waals surface area contributed by atoms with Crippen LogP contribution in [0.5, 0.6) is 0 Å². The van der Waals surface area contributed by atoms with Crippen molar-refractivity contribution in [1.82, 2.24) is 9.05 Å². The highest BCUT2D eigenvalue weighted by atomic mass is 16.6. The van der Waals surface area contributed by atoms with Crippen molar-refractivity contribution in [3.05, 3.63) is 30.0 Å². The monoisotopic (exact) mass is 535 g/mol. The van der Waals surface area contributed by atoms with Crippen molar-refractivity contribution >= 4 is 34.4 Å². The number of aromatic nitrogens is 1. The topological polar surface area (TPSA) is 117 Å². The molecule has 2 saturated carbocycles. The van der Waals surface area contributed by atoms with Gasteiger partial charge < -0.3 is 16.2 Å². The number of fused-ring (bicyclic) bond motifs is 3. The zero-order chi connectivity index (χ0) is 27.5. The van der Waals surface area contributed by atoms with Gasteiger partial charge in [-0.1, -0.05) is 19.3 Å². The second-order valence-electron chi connectivity index (χ2n) is 13.0. The standard InChI is InChI=1S/C31H42N4O4/c1-31(2)34-25-13-12-23(16-22(25)17-26(34)30(38)39-31)35(29(37)21-10-8-19(18-32)9-11-21)15-14-24(27(35)28(33)36)20-6-4-3-5-7-20/h12-13,16-17,19-21,24,27H,3-11,14-15,18,32H2,1-2H3,(H-,33,36)/p+1/t19?,21?,24-,27-,35?/m0/s1. The zero-order valence-electron chi connectivity index (χ0n) is 23.4. The summed E-state index contributed by atoms with van der Waals surface area (Å²) in [6.45, 7) is 5.01. The summed E-state index contributed by atoms with van der Waals surface area (Å²) >= 11 is 0. The van der Waals surface area contributed by atoms with Crippen molar-refractivity contribution in [1.29, 1.82) is 0 Å². The van der Waals surface area contributed by atoms with Gasteiger partial charge in [0.05, 0.1) is 18.0 Å². The molecule has 6 rings (SSSR count). The Morgan fingerprint density at radius 1 is 1.03 bits per heavy atom. The van der Waals surface area contributed by atoms with Crippen LogP contribution in [0.4, 0.5) is 5.69 Å². The first-order chi connectivity index (χ1) is 18.7. The second kappa shape index (κ2) is 9.73. The maximum absolute atomic E-state index is 14.7. The number of likely N-dealkylation sites (tertiary alicyclic amines) is 1. The van der Waals surface area contributed by atoms with Crippen LogP contribution in [-0.4, -0.2) is 41.5 Å². The van der Waals surface area contributed by atoms with Crippen LogP contribution in [0.1, 0.15) is 88.5 Å². The molecule has 3 fully saturated rings. The highest BCUT2D eigenvalue weighted by Gasteiger charge is 2.60. The van der Waals surface area contributed by atoms with E-state index in [9.17, 15) is 14.4 Å². The van der Waals surface area contributed by atoms with Crippen molar-refractivity contribution in [2.75, 3.05) is 13.1 Å². The van der Waals surface area contributed by atoms with Crippen LogP contribution in [0.15, 0.2) is 24.3 Å². The molecule has 3 heterocycles. The third kappa shape index (κ3) is 4.13. The van der Waals surface area contributed by atoms with E-state index < -0.39 is 11.8 Å². The summed E-state index contributed by atoms with van der Waals surface area (Å²) in [5.74, 6) is 0.317. The van der Waals surface area contributed by atoms with E-state index in [-0.39, 0.29) is 34.1 Å². The highest BCUT2D eigenvalue weighted by Crippen LogP contribution is 2.48. The summed E-state index contributed by atoms with van der Waals surface area (Å²) in [5, 5.41) is 0.883. The van der Waals surface area contributed by atoms with Crippen molar-refractivity contribution in [2.45, 2.75) is 89.8 Å². The Morgan fingerprint density at radius 2 is 1.74 bits per heavy atom. The molecule has 4 aliphatic rings. The van der Waals surface area contributed by atoms with Crippen molar-refractivity contribution in [3.8, 4) is 0 Å². The Labute approximate surface area is 230 Å². The first-order valence-corrected chi connectivity index (χ1v) is 15.0. The van der Waals surface area contributed by atoms with Crippen LogP contribution in [0.25, 0.3) is 10.9 Å². The summed E-state index contributed by atoms with van der Waals surface area (Å²) < 4.78 is 7.52. The van der Waals surface area contributed by atoms with Gasteiger partial charge in [-0.2, -0.15) is 0 Å². The lowest BCUT2D eigenvalue weighted by Gasteiger charge is -2.41. The van der Waals surface area contributed by atoms with E-state index in [1.807, 2.05) is 42.7 Å². The molecule has 4 N–H and O–H groups in total. The van der Waals surface area contributed by atoms with Gasteiger partial charge in [0.1, 0.15) is 11.4 Å². The normalized spacial score (nSPS) is 32.7. The highest BCUT2D eigenvalue weighted by molar-refractivity contribution is 6.02. The molecule has 1 aromatic heterocycles. The Bertz CT molecular complexity index is 1300. The molecule has 0 spiro atoms. The predicted molar refractivity (Wildman–Crippen MR) is 151 cm³/mol. The van der Waals surface area contributed by atoms with E-state index in [0.29, 0.717) is 30.6 Å². The third-order valence-electron chi connectivity index (χ3n) is 10.5. The van der Waals surface area contributed by atoms with E-state index in [1.165, 1.54) is 19.3 Å². The lowest BCUT2D eigenvalue weighted by molar-refractivity contribution is -0.142. The number of cyclic esters (lactones) is 1. The largest absolute Gasteiger partial charge is 0.434 e. The fourth-order valence-corrected chi connectivity index (χ4v) is 8.60. The molecule has 1 unspecified atom stereocenters. The van der Waals surface area contributed by atoms with E-state index in [1.54, 1.807) is 0 Å². The molecule has 39 heavy (non-hydrogen) atoms. The second-order valence-corrected chi connectivity index (χ2v) is 13.0. The molecule has 0 bridgehead atoms. The number of hydrogen-bond donors (Lipinski definition) is 2. The van der Waals surface area contributed by atoms with Crippen LogP contribution >= 0.6 is 0 Å². The van der Waals surface area contributed by atoms with Gasteiger partial charge in [-0.15, -0.1) is 0 Å². The molecule has 8 nitrogen and oxygen atoms in total. The van der Waals surface area contributed by atoms with E-state index in [2.05, 4.69) is 0 Å². The van der Waals surface area contributed by atoms with Crippen LogP contribution in [-0.2, 0) is 20.1 Å². The first kappa shape index (κ1) is 26.5. The Kier molecular flexibility index (Phi) is 6.62. The van der Waals surface area contributed by atoms with E-state index >= 15 is 0 Å². The molecule has 210 valence electrons. The number of nitrogens with two attached hydrogens (primary N) is 2. The Morgan fingerprint density at radius 3 is 2.41 bits per heavy atom. The van der Waals surface area contributed by atoms with Crippen molar-refractivity contribution in [2.24, 2.45) is 35.1 Å². The number of carbonyl (C=O) groups is 3. The van der Waals surface area contributed by atoms with Gasteiger partial charge in [0.25, 0.3) is 5.91 Å². The van der Waals surface area contributed by atoms with Gasteiger partial charge in [-0.05, 0) is 82.9 Å². The molecular weight excluding hydrogens is 492 g/mol. The van der Waals surface area contributed by atoms with E-state index in [0.717, 1.165) is 61.5 Å². The zero-order valence-corrected chi connectivity index (χ0v) is 23.4. The SMILES string of the molecule is CC1(C)OC(=O)c2cc3cc([N+]4(C(=O)C5CCC(CN)CC5)CC[C@@H](C5CCCCC5)[C@H]4C(N)=O)ccc3n21. The molecule has 2 aromatic rings. The van der Waals surface area contributed by atoms with Crippen LogP contribution in [0, 0.1) is 23.7 Å². The van der Waals surface area contributed by atoms with Gasteiger partial charge in [0, 0.05) is 29.9 Å². The number of rotatable bonds is 5. The third-order valence-corrected chi connectivity index (χ3v) is 10.5. The maximum atomic E-state index is 14.7. The molecule has 1 aromatic carbocycles. The number of carbonyl (C=O) groups excluding carboxylic acids is 3. The molecule has 1 saturated heterocycles. The van der Waals surface area contributed by atoms with Crippen LogP contribution < -0.4 is 16.0 Å². The number of benzene rings is 1. The molecule has 8 heteroatoms. The number of ether oxygens (including phenoxy) is 1. The number of primary amides is 1. The Hall–Kier alpha value is -2.71. The maximum Gasteiger partial charge on any atom is 0.357 e. The number of quaternary nitrogens is 1. The quantitative estimate of drug-likeness (QED) is 0.430. The number of esters is 1. The molecule has 0 radical (unpaired) electrons. The van der Waals surface area contributed by atoms with Crippen LogP contribution in [0.2, 0.25) is 0 Å². The van der Waals surface area contributed by atoms with Gasteiger partial charge >= 0.3 is 11.9 Å². The predicted octanol–water partition coefficient (Wildman–Crippen LogP) is 4.56. The number of amides is 2. The summed E-state index contributed by atoms with van der Waals surface area (Å²) in [5.41, 5.74) is 13.6. The van der Waals surface area contributed by atoms with Gasteiger partial charge in [0.15, 0.2) is 11.8 Å². The molecule has 3 atom stereocenters. The van der Waals surface area contributed by atoms with E-state index in [4.69, 9.17) is 16.2 Å². The minimum Gasteiger partial charge on any atom is -0.434 e. The minimum absolute atomic E-state index is 0.0126. The van der Waals surface area contributed by atoms with Gasteiger partial charge in [0.2, 0.25) is 0 Å². The molecule has 2 aliphatic heterocycles. The summed E-state index contributed by atoms with van der Waals surface area (Å²) in [7, 11) is 0. The van der Waals surface area contributed by atoms with Gasteiger partial charge in [-0.25, -0.2) is 14.1 Å². The number of nitrogens with zero attached hydrogens (tertiary/aromatic N) is 2.